The second-order valence-corrected chi connectivity index (χ2v) is 6.66. The van der Waals surface area contributed by atoms with Crippen LogP contribution in [0.25, 0.3) is 16.7 Å². The van der Waals surface area contributed by atoms with Crippen molar-refractivity contribution < 1.29 is 9.90 Å². The van der Waals surface area contributed by atoms with Gasteiger partial charge in [0, 0.05) is 12.2 Å². The van der Waals surface area contributed by atoms with E-state index >= 15 is 0 Å². The van der Waals surface area contributed by atoms with Gasteiger partial charge >= 0.3 is 5.97 Å². The van der Waals surface area contributed by atoms with Crippen LogP contribution >= 0.6 is 0 Å². The monoisotopic (exact) mass is 335 g/mol. The minimum atomic E-state index is -0.656. The van der Waals surface area contributed by atoms with E-state index in [9.17, 15) is 4.79 Å². The molecular formula is C20H21N3O2. The Balaban J connectivity index is 1.45. The third-order valence-electron chi connectivity index (χ3n) is 5.01. The highest BCUT2D eigenvalue weighted by Gasteiger charge is 2.24. The van der Waals surface area contributed by atoms with Gasteiger partial charge in [0.05, 0.1) is 17.0 Å². The van der Waals surface area contributed by atoms with Gasteiger partial charge < -0.3 is 5.11 Å². The maximum atomic E-state index is 11.0. The smallest absolute Gasteiger partial charge is 0.306 e. The zero-order valence-electron chi connectivity index (χ0n) is 14.0. The highest BCUT2D eigenvalue weighted by molar-refractivity contribution is 5.77. The van der Waals surface area contributed by atoms with Crippen LogP contribution in [0.1, 0.15) is 18.4 Å². The summed E-state index contributed by atoms with van der Waals surface area (Å²) in [5.74, 6) is -0.829. The summed E-state index contributed by atoms with van der Waals surface area (Å²) in [6.07, 6.45) is 3.35. The summed E-state index contributed by atoms with van der Waals surface area (Å²) in [6, 6.07) is 16.6. The van der Waals surface area contributed by atoms with Crippen molar-refractivity contribution in [3.8, 4) is 5.69 Å². The SMILES string of the molecule is O=C(O)C1CCN(Cc2ccc(-n3cnc4ccccc43)cc2)CC1. The van der Waals surface area contributed by atoms with E-state index in [0.29, 0.717) is 0 Å². The molecule has 2 aromatic carbocycles. The van der Waals surface area contributed by atoms with Gasteiger partial charge in [0.15, 0.2) is 0 Å². The molecule has 0 radical (unpaired) electrons. The number of carboxylic acid groups (broad SMARTS) is 1. The Kier molecular flexibility index (Phi) is 4.24. The van der Waals surface area contributed by atoms with Crippen molar-refractivity contribution in [1.29, 1.82) is 0 Å². The summed E-state index contributed by atoms with van der Waals surface area (Å²) in [5, 5.41) is 9.08. The molecule has 1 aromatic heterocycles. The molecular weight excluding hydrogens is 314 g/mol. The van der Waals surface area contributed by atoms with Gasteiger partial charge in [-0.25, -0.2) is 4.98 Å². The fraction of sp³-hybridized carbons (Fsp3) is 0.300. The molecule has 0 amide bonds. The molecule has 4 rings (SSSR count). The minimum Gasteiger partial charge on any atom is -0.481 e. The van der Waals surface area contributed by atoms with E-state index in [1.807, 2.05) is 24.5 Å². The van der Waals surface area contributed by atoms with Crippen LogP contribution in [0.15, 0.2) is 54.9 Å². The molecule has 0 spiro atoms. The van der Waals surface area contributed by atoms with E-state index in [1.165, 1.54) is 5.56 Å². The predicted octanol–water partition coefficient (Wildman–Crippen LogP) is 3.32. The van der Waals surface area contributed by atoms with Crippen LogP contribution in [-0.4, -0.2) is 38.6 Å². The first-order chi connectivity index (χ1) is 12.2. The van der Waals surface area contributed by atoms with Gasteiger partial charge in [-0.15, -0.1) is 0 Å². The molecule has 5 heteroatoms. The van der Waals surface area contributed by atoms with E-state index < -0.39 is 5.97 Å². The number of rotatable bonds is 4. The van der Waals surface area contributed by atoms with Crippen LogP contribution < -0.4 is 0 Å². The van der Waals surface area contributed by atoms with Gasteiger partial charge in [-0.05, 0) is 55.8 Å². The Morgan fingerprint density at radius 1 is 1.08 bits per heavy atom. The summed E-state index contributed by atoms with van der Waals surface area (Å²) in [7, 11) is 0. The van der Waals surface area contributed by atoms with Gasteiger partial charge in [-0.2, -0.15) is 0 Å². The molecule has 1 saturated heterocycles. The number of carboxylic acids is 1. The second-order valence-electron chi connectivity index (χ2n) is 6.66. The van der Waals surface area contributed by atoms with Crippen molar-refractivity contribution in [2.24, 2.45) is 5.92 Å². The van der Waals surface area contributed by atoms with Crippen LogP contribution in [0.3, 0.4) is 0 Å². The second kappa shape index (κ2) is 6.69. The highest BCUT2D eigenvalue weighted by atomic mass is 16.4. The quantitative estimate of drug-likeness (QED) is 0.794. The van der Waals surface area contributed by atoms with E-state index in [2.05, 4.69) is 44.8 Å². The topological polar surface area (TPSA) is 58.4 Å². The molecule has 2 heterocycles. The Morgan fingerprint density at radius 2 is 1.80 bits per heavy atom. The van der Waals surface area contributed by atoms with Gasteiger partial charge in [0.25, 0.3) is 0 Å². The fourth-order valence-corrected chi connectivity index (χ4v) is 3.52. The van der Waals surface area contributed by atoms with Gasteiger partial charge in [-0.3, -0.25) is 14.3 Å². The highest BCUT2D eigenvalue weighted by Crippen LogP contribution is 2.21. The largest absolute Gasteiger partial charge is 0.481 e. The number of carbonyl (C=O) groups is 1. The van der Waals surface area contributed by atoms with Crippen LogP contribution in [0, 0.1) is 5.92 Å². The molecule has 128 valence electrons. The maximum Gasteiger partial charge on any atom is 0.306 e. The number of imidazole rings is 1. The molecule has 1 fully saturated rings. The minimum absolute atomic E-state index is 0.173. The number of piperidine rings is 1. The molecule has 0 saturated carbocycles. The molecule has 1 aliphatic heterocycles. The van der Waals surface area contributed by atoms with Gasteiger partial charge in [-0.1, -0.05) is 24.3 Å². The fourth-order valence-electron chi connectivity index (χ4n) is 3.52. The lowest BCUT2D eigenvalue weighted by Crippen LogP contribution is -2.35. The third kappa shape index (κ3) is 3.28. The summed E-state index contributed by atoms with van der Waals surface area (Å²) in [5.41, 5.74) is 4.45. The zero-order valence-corrected chi connectivity index (χ0v) is 14.0. The van der Waals surface area contributed by atoms with Crippen LogP contribution in [-0.2, 0) is 11.3 Å². The van der Waals surface area contributed by atoms with Crippen molar-refractivity contribution in [2.45, 2.75) is 19.4 Å². The molecule has 0 aliphatic carbocycles. The lowest BCUT2D eigenvalue weighted by Gasteiger charge is -2.30. The van der Waals surface area contributed by atoms with Crippen LogP contribution in [0.2, 0.25) is 0 Å². The number of fused-ring (bicyclic) bond motifs is 1. The molecule has 0 bridgehead atoms. The molecule has 1 N–H and O–H groups in total. The molecule has 0 atom stereocenters. The molecule has 5 nitrogen and oxygen atoms in total. The van der Waals surface area contributed by atoms with E-state index in [1.54, 1.807) is 0 Å². The molecule has 1 aliphatic rings. The number of hydrogen-bond acceptors (Lipinski definition) is 3. The van der Waals surface area contributed by atoms with Crippen molar-refractivity contribution in [1.82, 2.24) is 14.5 Å². The lowest BCUT2D eigenvalue weighted by molar-refractivity contribution is -0.143. The lowest BCUT2D eigenvalue weighted by atomic mass is 9.97. The summed E-state index contributed by atoms with van der Waals surface area (Å²) in [4.78, 5) is 17.8. The summed E-state index contributed by atoms with van der Waals surface area (Å²) in [6.45, 7) is 2.58. The first kappa shape index (κ1) is 15.8. The average Bonchev–Trinajstić information content (AvgIpc) is 3.07. The number of hydrogen-bond donors (Lipinski definition) is 1. The number of benzene rings is 2. The Hall–Kier alpha value is -2.66. The third-order valence-corrected chi connectivity index (χ3v) is 5.01. The normalized spacial score (nSPS) is 16.3. The van der Waals surface area contributed by atoms with Gasteiger partial charge in [0.2, 0.25) is 0 Å². The van der Waals surface area contributed by atoms with Crippen molar-refractivity contribution in [3.63, 3.8) is 0 Å². The van der Waals surface area contributed by atoms with Gasteiger partial charge in [0.1, 0.15) is 6.33 Å². The van der Waals surface area contributed by atoms with Crippen LogP contribution in [0.4, 0.5) is 0 Å². The summed E-state index contributed by atoms with van der Waals surface area (Å²) < 4.78 is 2.09. The molecule has 3 aromatic rings. The van der Waals surface area contributed by atoms with E-state index in [-0.39, 0.29) is 5.92 Å². The first-order valence-electron chi connectivity index (χ1n) is 8.67. The first-order valence-corrected chi connectivity index (χ1v) is 8.67. The van der Waals surface area contributed by atoms with E-state index in [4.69, 9.17) is 5.11 Å². The summed E-state index contributed by atoms with van der Waals surface area (Å²) >= 11 is 0. The molecule has 25 heavy (non-hydrogen) atoms. The van der Waals surface area contributed by atoms with Crippen LogP contribution in [0.5, 0.6) is 0 Å². The average molecular weight is 335 g/mol. The zero-order chi connectivity index (χ0) is 17.2. The molecule has 0 unspecified atom stereocenters. The number of aliphatic carboxylic acids is 1. The number of likely N-dealkylation sites (tertiary alicyclic amines) is 1. The Morgan fingerprint density at radius 3 is 2.52 bits per heavy atom. The Bertz CT molecular complexity index is 877. The number of aromatic nitrogens is 2. The standard InChI is InChI=1S/C20H21N3O2/c24-20(25)16-9-11-22(12-10-16)13-15-5-7-17(8-6-15)23-14-21-18-3-1-2-4-19(18)23/h1-8,14,16H,9-13H2,(H,24,25). The van der Waals surface area contributed by atoms with E-state index in [0.717, 1.165) is 49.2 Å². The van der Waals surface area contributed by atoms with Crippen molar-refractivity contribution >= 4 is 17.0 Å². The number of nitrogens with zero attached hydrogens (tertiary/aromatic N) is 3. The van der Waals surface area contributed by atoms with Crippen molar-refractivity contribution in [3.05, 3.63) is 60.4 Å². The Labute approximate surface area is 146 Å². The predicted molar refractivity (Wildman–Crippen MR) is 96.7 cm³/mol. The number of para-hydroxylation sites is 2. The van der Waals surface area contributed by atoms with Crippen molar-refractivity contribution in [2.75, 3.05) is 13.1 Å². The maximum absolute atomic E-state index is 11.0.